The second-order valence-electron chi connectivity index (χ2n) is 6.27. The Morgan fingerprint density at radius 3 is 2.67 bits per heavy atom. The number of ether oxygens (including phenoxy) is 1. The summed E-state index contributed by atoms with van der Waals surface area (Å²) in [5.41, 5.74) is 2.70. The lowest BCUT2D eigenvalue weighted by molar-refractivity contribution is 0.101. The van der Waals surface area contributed by atoms with Gasteiger partial charge >= 0.3 is 0 Å². The lowest BCUT2D eigenvalue weighted by atomic mass is 10.0. The van der Waals surface area contributed by atoms with Crippen molar-refractivity contribution >= 4 is 5.78 Å². The van der Waals surface area contributed by atoms with Crippen LogP contribution in [0.2, 0.25) is 0 Å². The van der Waals surface area contributed by atoms with E-state index in [0.29, 0.717) is 18.1 Å². The molecule has 3 rings (SSSR count). The summed E-state index contributed by atoms with van der Waals surface area (Å²) < 4.78 is 5.75. The quantitative estimate of drug-likeness (QED) is 0.758. The Balaban J connectivity index is 1.57. The highest BCUT2D eigenvalue weighted by Crippen LogP contribution is 2.21. The molecule has 4 heteroatoms. The first-order chi connectivity index (χ1) is 11.7. The van der Waals surface area contributed by atoms with Gasteiger partial charge in [-0.15, -0.1) is 0 Å². The molecule has 2 heterocycles. The number of Topliss-reactive ketones (excluding diaryl/α,β-unsaturated/α-hetero) is 1. The molecule has 1 aliphatic rings. The fourth-order valence-corrected chi connectivity index (χ4v) is 3.02. The van der Waals surface area contributed by atoms with Crippen LogP contribution in [-0.2, 0) is 0 Å². The third kappa shape index (κ3) is 4.42. The van der Waals surface area contributed by atoms with Crippen LogP contribution in [0.1, 0.15) is 36.5 Å². The molecule has 1 aromatic carbocycles. The van der Waals surface area contributed by atoms with E-state index in [1.54, 1.807) is 13.1 Å². The highest BCUT2D eigenvalue weighted by molar-refractivity contribution is 5.95. The molecule has 0 bridgehead atoms. The lowest BCUT2D eigenvalue weighted by Crippen LogP contribution is -2.33. The molecule has 0 saturated carbocycles. The minimum Gasteiger partial charge on any atom is -0.476 e. The fraction of sp³-hybridized carbons (Fsp3) is 0.400. The summed E-state index contributed by atoms with van der Waals surface area (Å²) in [6, 6.07) is 11.5. The lowest BCUT2D eigenvalue weighted by Gasteiger charge is -2.26. The molecule has 0 N–H and O–H groups in total. The Morgan fingerprint density at radius 2 is 1.96 bits per heavy atom. The van der Waals surface area contributed by atoms with Crippen molar-refractivity contribution in [3.05, 3.63) is 48.2 Å². The largest absolute Gasteiger partial charge is 0.476 e. The summed E-state index contributed by atoms with van der Waals surface area (Å²) in [6.45, 7) is 5.58. The summed E-state index contributed by atoms with van der Waals surface area (Å²) in [6.07, 6.45) is 5.75. The monoisotopic (exact) mass is 324 g/mol. The Morgan fingerprint density at radius 1 is 1.12 bits per heavy atom. The van der Waals surface area contributed by atoms with Crippen molar-refractivity contribution in [2.75, 3.05) is 26.2 Å². The number of aromatic nitrogens is 1. The van der Waals surface area contributed by atoms with Crippen molar-refractivity contribution in [2.24, 2.45) is 0 Å². The van der Waals surface area contributed by atoms with Gasteiger partial charge in [-0.2, -0.15) is 0 Å². The van der Waals surface area contributed by atoms with Crippen LogP contribution in [0.3, 0.4) is 0 Å². The number of pyridine rings is 1. The van der Waals surface area contributed by atoms with Crippen molar-refractivity contribution in [1.29, 1.82) is 0 Å². The number of likely N-dealkylation sites (tertiary alicyclic amines) is 1. The molecule has 2 aromatic rings. The number of nitrogens with zero attached hydrogens (tertiary/aromatic N) is 2. The van der Waals surface area contributed by atoms with E-state index < -0.39 is 0 Å². The second kappa shape index (κ2) is 8.06. The van der Waals surface area contributed by atoms with Gasteiger partial charge < -0.3 is 4.74 Å². The van der Waals surface area contributed by atoms with Crippen molar-refractivity contribution in [3.63, 3.8) is 0 Å². The summed E-state index contributed by atoms with van der Waals surface area (Å²) in [5, 5.41) is 0. The second-order valence-corrected chi connectivity index (χ2v) is 6.27. The van der Waals surface area contributed by atoms with E-state index in [9.17, 15) is 4.79 Å². The number of carbonyl (C=O) groups excluding carboxylic acids is 1. The van der Waals surface area contributed by atoms with Gasteiger partial charge in [-0.3, -0.25) is 9.69 Å². The molecule has 126 valence electrons. The Bertz CT molecular complexity index is 676. The van der Waals surface area contributed by atoms with Crippen LogP contribution in [0.4, 0.5) is 0 Å². The zero-order valence-corrected chi connectivity index (χ0v) is 14.2. The highest BCUT2D eigenvalue weighted by atomic mass is 16.5. The summed E-state index contributed by atoms with van der Waals surface area (Å²) in [5.74, 6) is 0.723. The minimum atomic E-state index is 0.0717. The van der Waals surface area contributed by atoms with Crippen LogP contribution in [0, 0.1) is 0 Å². The number of hydrogen-bond acceptors (Lipinski definition) is 4. The Kier molecular flexibility index (Phi) is 5.59. The molecule has 1 saturated heterocycles. The van der Waals surface area contributed by atoms with Crippen LogP contribution in [0.15, 0.2) is 42.6 Å². The molecular weight excluding hydrogens is 300 g/mol. The maximum absolute atomic E-state index is 11.5. The molecule has 0 aliphatic carbocycles. The predicted molar refractivity (Wildman–Crippen MR) is 95.5 cm³/mol. The molecule has 1 fully saturated rings. The molecule has 0 amide bonds. The minimum absolute atomic E-state index is 0.0717. The van der Waals surface area contributed by atoms with E-state index in [0.717, 1.165) is 17.7 Å². The van der Waals surface area contributed by atoms with Gasteiger partial charge in [-0.25, -0.2) is 4.98 Å². The molecule has 0 spiro atoms. The van der Waals surface area contributed by atoms with Crippen molar-refractivity contribution in [3.8, 4) is 17.0 Å². The average Bonchev–Trinajstić information content (AvgIpc) is 2.63. The van der Waals surface area contributed by atoms with Gasteiger partial charge in [0.1, 0.15) is 6.61 Å². The molecule has 0 atom stereocenters. The number of ketones is 1. The van der Waals surface area contributed by atoms with Crippen molar-refractivity contribution < 1.29 is 9.53 Å². The molecule has 24 heavy (non-hydrogen) atoms. The van der Waals surface area contributed by atoms with Gasteiger partial charge in [0, 0.05) is 29.9 Å². The number of carbonyl (C=O) groups is 1. The van der Waals surface area contributed by atoms with Crippen molar-refractivity contribution in [2.45, 2.75) is 26.2 Å². The molecule has 4 nitrogen and oxygen atoms in total. The molecule has 0 unspecified atom stereocenters. The zero-order valence-electron chi connectivity index (χ0n) is 14.2. The average molecular weight is 324 g/mol. The number of benzene rings is 1. The standard InChI is InChI=1S/C20H24N2O2/c1-16(23)17-6-5-7-18(14-17)19-8-9-20(21-15-19)24-13-12-22-10-3-2-4-11-22/h5-9,14-15H,2-4,10-13H2,1H3. The smallest absolute Gasteiger partial charge is 0.213 e. The number of piperidine rings is 1. The number of hydrogen-bond donors (Lipinski definition) is 0. The first kappa shape index (κ1) is 16.7. The summed E-state index contributed by atoms with van der Waals surface area (Å²) in [4.78, 5) is 18.3. The van der Waals surface area contributed by atoms with E-state index in [4.69, 9.17) is 4.74 Å². The Hall–Kier alpha value is -2.20. The highest BCUT2D eigenvalue weighted by Gasteiger charge is 2.09. The van der Waals surface area contributed by atoms with E-state index in [2.05, 4.69) is 9.88 Å². The maximum atomic E-state index is 11.5. The first-order valence-electron chi connectivity index (χ1n) is 8.65. The van der Waals surface area contributed by atoms with Gasteiger partial charge in [0.2, 0.25) is 5.88 Å². The first-order valence-corrected chi connectivity index (χ1v) is 8.65. The molecular formula is C20H24N2O2. The van der Waals surface area contributed by atoms with E-state index in [1.807, 2.05) is 36.4 Å². The van der Waals surface area contributed by atoms with Crippen LogP contribution in [-0.4, -0.2) is 41.9 Å². The van der Waals surface area contributed by atoms with Crippen LogP contribution >= 0.6 is 0 Å². The van der Waals surface area contributed by atoms with E-state index in [-0.39, 0.29) is 5.78 Å². The van der Waals surface area contributed by atoms with Crippen LogP contribution in [0.5, 0.6) is 5.88 Å². The third-order valence-corrected chi connectivity index (χ3v) is 4.44. The molecule has 1 aromatic heterocycles. The van der Waals surface area contributed by atoms with Gasteiger partial charge in [-0.1, -0.05) is 24.6 Å². The van der Waals surface area contributed by atoms with Gasteiger partial charge in [-0.05, 0) is 50.6 Å². The number of rotatable bonds is 6. The maximum Gasteiger partial charge on any atom is 0.213 e. The van der Waals surface area contributed by atoms with E-state index >= 15 is 0 Å². The normalized spacial score (nSPS) is 15.2. The van der Waals surface area contributed by atoms with Gasteiger partial charge in [0.25, 0.3) is 0 Å². The van der Waals surface area contributed by atoms with Crippen molar-refractivity contribution in [1.82, 2.24) is 9.88 Å². The topological polar surface area (TPSA) is 42.4 Å². The van der Waals surface area contributed by atoms with E-state index in [1.165, 1.54) is 32.4 Å². The van der Waals surface area contributed by atoms with Crippen LogP contribution in [0.25, 0.3) is 11.1 Å². The van der Waals surface area contributed by atoms with Crippen LogP contribution < -0.4 is 4.74 Å². The zero-order chi connectivity index (χ0) is 16.8. The van der Waals surface area contributed by atoms with Gasteiger partial charge in [0.05, 0.1) is 0 Å². The Labute approximate surface area is 143 Å². The fourth-order valence-electron chi connectivity index (χ4n) is 3.02. The SMILES string of the molecule is CC(=O)c1cccc(-c2ccc(OCCN3CCCCC3)nc2)c1. The summed E-state index contributed by atoms with van der Waals surface area (Å²) >= 11 is 0. The molecule has 0 radical (unpaired) electrons. The third-order valence-electron chi connectivity index (χ3n) is 4.44. The molecule has 1 aliphatic heterocycles. The summed E-state index contributed by atoms with van der Waals surface area (Å²) in [7, 11) is 0. The predicted octanol–water partition coefficient (Wildman–Crippen LogP) is 3.82. The van der Waals surface area contributed by atoms with Gasteiger partial charge in [0.15, 0.2) is 5.78 Å².